The van der Waals surface area contributed by atoms with E-state index < -0.39 is 10.5 Å². The van der Waals surface area contributed by atoms with Crippen LogP contribution in [0.5, 0.6) is 0 Å². The van der Waals surface area contributed by atoms with Gasteiger partial charge in [-0.2, -0.15) is 0 Å². The van der Waals surface area contributed by atoms with E-state index in [1.165, 1.54) is 0 Å². The van der Waals surface area contributed by atoms with Gasteiger partial charge in [-0.15, -0.1) is 0 Å². The number of amides is 1. The highest BCUT2D eigenvalue weighted by molar-refractivity contribution is 5.75. The Hall–Kier alpha value is -2.12. The SMILES string of the molecule is CC(C)(C)OC(=O)N1CCCC(N=CC(=CN)[N+](=O)[O-])C1. The van der Waals surface area contributed by atoms with Crippen molar-refractivity contribution in [2.75, 3.05) is 13.1 Å². The van der Waals surface area contributed by atoms with Crippen LogP contribution in [0.1, 0.15) is 33.6 Å². The first-order chi connectivity index (χ1) is 9.73. The third kappa shape index (κ3) is 5.80. The molecule has 1 unspecified atom stereocenters. The highest BCUT2D eigenvalue weighted by Crippen LogP contribution is 2.17. The third-order valence-electron chi connectivity index (χ3n) is 2.85. The second-order valence-corrected chi connectivity index (χ2v) is 5.85. The van der Waals surface area contributed by atoms with Crippen molar-refractivity contribution in [3.8, 4) is 0 Å². The molecule has 1 aliphatic heterocycles. The second kappa shape index (κ2) is 7.05. The summed E-state index contributed by atoms with van der Waals surface area (Å²) in [6, 6.07) is -0.179. The quantitative estimate of drug-likeness (QED) is 0.482. The Kier molecular flexibility index (Phi) is 5.69. The van der Waals surface area contributed by atoms with Gasteiger partial charge in [0.25, 0.3) is 0 Å². The zero-order chi connectivity index (χ0) is 16.0. The van der Waals surface area contributed by atoms with Crippen molar-refractivity contribution in [2.45, 2.75) is 45.3 Å². The Morgan fingerprint density at radius 1 is 1.52 bits per heavy atom. The summed E-state index contributed by atoms with van der Waals surface area (Å²) in [4.78, 5) is 27.7. The lowest BCUT2D eigenvalue weighted by atomic mass is 10.1. The molecule has 0 radical (unpaired) electrons. The molecule has 8 heteroatoms. The number of allylic oxidation sites excluding steroid dienone is 1. The van der Waals surface area contributed by atoms with E-state index in [9.17, 15) is 14.9 Å². The monoisotopic (exact) mass is 298 g/mol. The van der Waals surface area contributed by atoms with Crippen LogP contribution in [0.2, 0.25) is 0 Å². The molecule has 1 atom stereocenters. The van der Waals surface area contributed by atoms with Crippen molar-refractivity contribution in [1.29, 1.82) is 0 Å². The van der Waals surface area contributed by atoms with Crippen molar-refractivity contribution in [2.24, 2.45) is 10.7 Å². The van der Waals surface area contributed by atoms with Gasteiger partial charge in [0.05, 0.1) is 17.2 Å². The molecule has 1 rings (SSSR count). The van der Waals surface area contributed by atoms with Gasteiger partial charge in [-0.1, -0.05) is 0 Å². The van der Waals surface area contributed by atoms with Crippen LogP contribution in [0.4, 0.5) is 4.79 Å². The van der Waals surface area contributed by atoms with Crippen LogP contribution in [0.15, 0.2) is 16.9 Å². The van der Waals surface area contributed by atoms with Crippen molar-refractivity contribution in [3.63, 3.8) is 0 Å². The van der Waals surface area contributed by atoms with E-state index in [4.69, 9.17) is 10.5 Å². The van der Waals surface area contributed by atoms with E-state index in [0.717, 1.165) is 25.3 Å². The average molecular weight is 298 g/mol. The maximum Gasteiger partial charge on any atom is 0.410 e. The smallest absolute Gasteiger partial charge is 0.410 e. The van der Waals surface area contributed by atoms with Gasteiger partial charge in [-0.25, -0.2) is 4.79 Å². The van der Waals surface area contributed by atoms with E-state index in [0.29, 0.717) is 13.1 Å². The highest BCUT2D eigenvalue weighted by atomic mass is 16.6. The predicted molar refractivity (Wildman–Crippen MR) is 78.6 cm³/mol. The molecule has 0 bridgehead atoms. The number of ether oxygens (including phenoxy) is 1. The second-order valence-electron chi connectivity index (χ2n) is 5.85. The molecule has 0 saturated carbocycles. The number of likely N-dealkylation sites (tertiary alicyclic amines) is 1. The zero-order valence-electron chi connectivity index (χ0n) is 12.6. The van der Waals surface area contributed by atoms with Crippen molar-refractivity contribution in [1.82, 2.24) is 4.90 Å². The summed E-state index contributed by atoms with van der Waals surface area (Å²) in [5.74, 6) is 0. The van der Waals surface area contributed by atoms with Gasteiger partial charge in [0.2, 0.25) is 0 Å². The van der Waals surface area contributed by atoms with Gasteiger partial charge in [0.15, 0.2) is 0 Å². The van der Waals surface area contributed by atoms with Gasteiger partial charge in [-0.3, -0.25) is 15.1 Å². The Morgan fingerprint density at radius 2 is 2.19 bits per heavy atom. The Morgan fingerprint density at radius 3 is 2.71 bits per heavy atom. The van der Waals surface area contributed by atoms with Crippen LogP contribution < -0.4 is 5.73 Å². The average Bonchev–Trinajstić information content (AvgIpc) is 2.37. The fraction of sp³-hybridized carbons (Fsp3) is 0.692. The maximum atomic E-state index is 12.0. The summed E-state index contributed by atoms with van der Waals surface area (Å²) in [5, 5.41) is 10.6. The number of aliphatic imine (C=N–C) groups is 1. The first kappa shape index (κ1) is 16.9. The molecule has 0 aromatic carbocycles. The molecule has 0 aromatic rings. The summed E-state index contributed by atoms with van der Waals surface area (Å²) in [7, 11) is 0. The maximum absolute atomic E-state index is 12.0. The van der Waals surface area contributed by atoms with Crippen LogP contribution in [0.3, 0.4) is 0 Å². The lowest BCUT2D eigenvalue weighted by molar-refractivity contribution is -0.414. The summed E-state index contributed by atoms with van der Waals surface area (Å²) in [6.45, 7) is 6.41. The Balaban J connectivity index is 2.62. The lowest BCUT2D eigenvalue weighted by Crippen LogP contribution is -2.44. The van der Waals surface area contributed by atoms with E-state index in [2.05, 4.69) is 4.99 Å². The summed E-state index contributed by atoms with van der Waals surface area (Å²) in [6.07, 6.45) is 3.21. The van der Waals surface area contributed by atoms with Crippen molar-refractivity contribution < 1.29 is 14.5 Å². The van der Waals surface area contributed by atoms with Crippen LogP contribution in [0, 0.1) is 10.1 Å². The molecule has 0 aliphatic carbocycles. The van der Waals surface area contributed by atoms with Crippen LogP contribution in [-0.4, -0.2) is 46.9 Å². The summed E-state index contributed by atoms with van der Waals surface area (Å²) >= 11 is 0. The molecule has 0 spiro atoms. The van der Waals surface area contributed by atoms with Gasteiger partial charge in [-0.05, 0) is 33.6 Å². The molecule has 118 valence electrons. The molecule has 1 saturated heterocycles. The normalized spacial score (nSPS) is 20.6. The van der Waals surface area contributed by atoms with Crippen LogP contribution >= 0.6 is 0 Å². The molecule has 1 heterocycles. The van der Waals surface area contributed by atoms with E-state index in [1.54, 1.807) is 25.7 Å². The first-order valence-corrected chi connectivity index (χ1v) is 6.80. The van der Waals surface area contributed by atoms with Crippen LogP contribution in [-0.2, 0) is 4.74 Å². The third-order valence-corrected chi connectivity index (χ3v) is 2.85. The van der Waals surface area contributed by atoms with E-state index >= 15 is 0 Å². The molecule has 1 aliphatic rings. The van der Waals surface area contributed by atoms with Crippen molar-refractivity contribution >= 4 is 12.3 Å². The number of carbonyl (C=O) groups excluding carboxylic acids is 1. The molecule has 1 amide bonds. The number of hydrogen-bond acceptors (Lipinski definition) is 6. The number of nitrogens with zero attached hydrogens (tertiary/aromatic N) is 3. The number of hydrogen-bond donors (Lipinski definition) is 1. The molecule has 2 N–H and O–H groups in total. The first-order valence-electron chi connectivity index (χ1n) is 6.80. The molecule has 8 nitrogen and oxygen atoms in total. The minimum Gasteiger partial charge on any atom is -0.444 e. The highest BCUT2D eigenvalue weighted by Gasteiger charge is 2.27. The van der Waals surface area contributed by atoms with E-state index in [-0.39, 0.29) is 17.8 Å². The number of piperidine rings is 1. The predicted octanol–water partition coefficient (Wildman–Crippen LogP) is 1.53. The Labute approximate surface area is 123 Å². The van der Waals surface area contributed by atoms with Crippen molar-refractivity contribution in [3.05, 3.63) is 22.0 Å². The summed E-state index contributed by atoms with van der Waals surface area (Å²) in [5.41, 5.74) is 4.35. The number of nitro groups is 1. The topological polar surface area (TPSA) is 111 Å². The molecule has 1 fully saturated rings. The van der Waals surface area contributed by atoms with Crippen LogP contribution in [0.25, 0.3) is 0 Å². The van der Waals surface area contributed by atoms with E-state index in [1.807, 2.05) is 0 Å². The van der Waals surface area contributed by atoms with Gasteiger partial charge in [0, 0.05) is 13.1 Å². The molecule has 0 aromatic heterocycles. The molecular weight excluding hydrogens is 276 g/mol. The molecule has 21 heavy (non-hydrogen) atoms. The number of carbonyl (C=O) groups is 1. The van der Waals surface area contributed by atoms with Gasteiger partial charge < -0.3 is 15.4 Å². The Bertz CT molecular complexity index is 454. The number of rotatable bonds is 3. The van der Waals surface area contributed by atoms with Gasteiger partial charge >= 0.3 is 11.8 Å². The minimum absolute atomic E-state index is 0.179. The number of nitrogens with two attached hydrogens (primary N) is 1. The lowest BCUT2D eigenvalue weighted by Gasteiger charge is -2.32. The fourth-order valence-electron chi connectivity index (χ4n) is 1.90. The summed E-state index contributed by atoms with van der Waals surface area (Å²) < 4.78 is 5.31. The minimum atomic E-state index is -0.599. The fourth-order valence-corrected chi connectivity index (χ4v) is 1.90. The zero-order valence-corrected chi connectivity index (χ0v) is 12.6. The van der Waals surface area contributed by atoms with Gasteiger partial charge in [0.1, 0.15) is 11.8 Å². The largest absolute Gasteiger partial charge is 0.444 e. The molecular formula is C13H22N4O4. The standard InChI is InChI=1S/C13H22N4O4/c1-13(2,3)21-12(18)16-6-4-5-10(9-16)15-8-11(7-14)17(19)20/h7-8,10H,4-6,9,14H2,1-3H3.